The Kier molecular flexibility index (Phi) is 6.23. The second-order valence-corrected chi connectivity index (χ2v) is 5.08. The van der Waals surface area contributed by atoms with Crippen molar-refractivity contribution in [1.29, 1.82) is 0 Å². The molecule has 1 aliphatic rings. The third kappa shape index (κ3) is 3.72. The number of carbonyl (C=O) groups excluding carboxylic acids is 1. The lowest BCUT2D eigenvalue weighted by atomic mass is 9.88. The van der Waals surface area contributed by atoms with Gasteiger partial charge in [-0.05, 0) is 0 Å². The lowest BCUT2D eigenvalue weighted by Gasteiger charge is -2.46. The minimum atomic E-state index is -2.24. The Morgan fingerprint density at radius 2 is 2.05 bits per heavy atom. The van der Waals surface area contributed by atoms with Gasteiger partial charge in [-0.1, -0.05) is 0 Å². The van der Waals surface area contributed by atoms with Gasteiger partial charge < -0.3 is 40.3 Å². The summed E-state index contributed by atoms with van der Waals surface area (Å²) in [5.74, 6) is -4.33. The van der Waals surface area contributed by atoms with E-state index >= 15 is 0 Å². The first-order valence-electron chi connectivity index (χ1n) is 6.57. The van der Waals surface area contributed by atoms with Gasteiger partial charge in [-0.3, -0.25) is 4.79 Å². The van der Waals surface area contributed by atoms with Crippen LogP contribution in [0.4, 0.5) is 0 Å². The molecule has 0 saturated carbocycles. The quantitative estimate of drug-likeness (QED) is 0.295. The Labute approximate surface area is 126 Å². The summed E-state index contributed by atoms with van der Waals surface area (Å²) in [4.78, 5) is 22.6. The maximum atomic E-state index is 11.3. The van der Waals surface area contributed by atoms with Crippen LogP contribution >= 0.6 is 0 Å². The molecule has 10 heteroatoms. The molecule has 1 rings (SSSR count). The number of methoxy groups -OCH3 is 1. The van der Waals surface area contributed by atoms with Crippen LogP contribution in [0, 0.1) is 0 Å². The van der Waals surface area contributed by atoms with E-state index < -0.39 is 61.1 Å². The molecular formula is C12H21NO9. The van der Waals surface area contributed by atoms with Crippen LogP contribution in [0.5, 0.6) is 0 Å². The summed E-state index contributed by atoms with van der Waals surface area (Å²) in [6.45, 7) is 0.338. The molecule has 1 fully saturated rings. The van der Waals surface area contributed by atoms with E-state index in [-0.39, 0.29) is 0 Å². The number of hydrogen-bond acceptors (Lipinski definition) is 8. The van der Waals surface area contributed by atoms with Crippen molar-refractivity contribution < 1.29 is 44.6 Å². The fraction of sp³-hybridized carbons (Fsp3) is 0.833. The molecule has 1 aliphatic heterocycles. The zero-order chi connectivity index (χ0) is 17.1. The van der Waals surface area contributed by atoms with Crippen molar-refractivity contribution >= 4 is 11.9 Å². The average molecular weight is 323 g/mol. The molecule has 0 aromatic heterocycles. The summed E-state index contributed by atoms with van der Waals surface area (Å²) in [5.41, 5.74) is 0. The Balaban J connectivity index is 3.14. The molecule has 1 amide bonds. The van der Waals surface area contributed by atoms with Gasteiger partial charge in [-0.15, -0.1) is 0 Å². The predicted octanol–water partition coefficient (Wildman–Crippen LogP) is -3.22. The van der Waals surface area contributed by atoms with Gasteiger partial charge in [0.25, 0.3) is 5.79 Å². The lowest BCUT2D eigenvalue weighted by molar-refractivity contribution is -0.303. The monoisotopic (exact) mass is 323 g/mol. The van der Waals surface area contributed by atoms with Crippen molar-refractivity contribution in [2.24, 2.45) is 0 Å². The van der Waals surface area contributed by atoms with Crippen LogP contribution in [0.25, 0.3) is 0 Å². The SMILES string of the molecule is CO[C@]1(C(=O)O)C[C@@H](O)[C@@H](NC(C)=O)[C@H]([C@H](O)[C@H](O)CO)O1. The van der Waals surface area contributed by atoms with Gasteiger partial charge in [-0.2, -0.15) is 0 Å². The van der Waals surface area contributed by atoms with E-state index in [0.717, 1.165) is 14.0 Å². The highest BCUT2D eigenvalue weighted by molar-refractivity contribution is 5.76. The maximum Gasteiger partial charge on any atom is 0.364 e. The third-order valence-corrected chi connectivity index (χ3v) is 3.52. The molecule has 0 aromatic carbocycles. The topological polar surface area (TPSA) is 166 Å². The lowest BCUT2D eigenvalue weighted by Crippen LogP contribution is -2.67. The molecule has 0 radical (unpaired) electrons. The predicted molar refractivity (Wildman–Crippen MR) is 69.6 cm³/mol. The number of aliphatic carboxylic acids is 1. The molecule has 1 saturated heterocycles. The van der Waals surface area contributed by atoms with Gasteiger partial charge >= 0.3 is 5.97 Å². The van der Waals surface area contributed by atoms with Crippen LogP contribution in [-0.4, -0.2) is 87.4 Å². The molecule has 22 heavy (non-hydrogen) atoms. The van der Waals surface area contributed by atoms with Crippen molar-refractivity contribution in [1.82, 2.24) is 5.32 Å². The van der Waals surface area contributed by atoms with Crippen molar-refractivity contribution in [3.63, 3.8) is 0 Å². The van der Waals surface area contributed by atoms with Crippen molar-refractivity contribution in [2.75, 3.05) is 13.7 Å². The van der Waals surface area contributed by atoms with Crippen LogP contribution in [-0.2, 0) is 19.1 Å². The number of nitrogens with one attached hydrogen (secondary N) is 1. The molecule has 0 spiro atoms. The zero-order valence-electron chi connectivity index (χ0n) is 12.2. The fourth-order valence-electron chi connectivity index (χ4n) is 2.34. The van der Waals surface area contributed by atoms with E-state index in [2.05, 4.69) is 5.32 Å². The molecule has 10 nitrogen and oxygen atoms in total. The normalized spacial score (nSPS) is 34.7. The largest absolute Gasteiger partial charge is 0.477 e. The molecule has 0 bridgehead atoms. The maximum absolute atomic E-state index is 11.3. The first kappa shape index (κ1) is 18.7. The first-order chi connectivity index (χ1) is 10.2. The minimum absolute atomic E-state index is 0.498. The number of amides is 1. The summed E-state index contributed by atoms with van der Waals surface area (Å²) in [6, 6.07) is -1.18. The molecule has 6 atom stereocenters. The Bertz CT molecular complexity index is 417. The van der Waals surface area contributed by atoms with Crippen LogP contribution in [0.15, 0.2) is 0 Å². The third-order valence-electron chi connectivity index (χ3n) is 3.52. The van der Waals surface area contributed by atoms with Gasteiger partial charge in [-0.25, -0.2) is 4.79 Å². The number of carboxylic acid groups (broad SMARTS) is 1. The van der Waals surface area contributed by atoms with Gasteiger partial charge in [0.2, 0.25) is 5.91 Å². The number of aliphatic hydroxyl groups excluding tert-OH is 4. The fourth-order valence-corrected chi connectivity index (χ4v) is 2.34. The number of ether oxygens (including phenoxy) is 2. The van der Waals surface area contributed by atoms with Crippen molar-refractivity contribution in [2.45, 2.75) is 49.6 Å². The summed E-state index contributed by atoms with van der Waals surface area (Å²) < 4.78 is 10.0. The van der Waals surface area contributed by atoms with E-state index in [1.807, 2.05) is 0 Å². The summed E-state index contributed by atoms with van der Waals surface area (Å²) in [5, 5.41) is 50.1. The van der Waals surface area contributed by atoms with Crippen LogP contribution in [0.1, 0.15) is 13.3 Å². The van der Waals surface area contributed by atoms with Gasteiger partial charge in [0.05, 0.1) is 18.8 Å². The average Bonchev–Trinajstić information content (AvgIpc) is 2.46. The summed E-state index contributed by atoms with van der Waals surface area (Å²) in [7, 11) is 1.05. The smallest absolute Gasteiger partial charge is 0.364 e. The molecule has 0 aliphatic carbocycles. The molecule has 128 valence electrons. The summed E-state index contributed by atoms with van der Waals surface area (Å²) in [6.07, 6.45) is -6.84. The van der Waals surface area contributed by atoms with Crippen LogP contribution in [0.3, 0.4) is 0 Å². The van der Waals surface area contributed by atoms with Crippen LogP contribution < -0.4 is 5.32 Å². The molecular weight excluding hydrogens is 302 g/mol. The Morgan fingerprint density at radius 1 is 1.45 bits per heavy atom. The number of carboxylic acids is 1. The van der Waals surface area contributed by atoms with E-state index in [1.165, 1.54) is 0 Å². The van der Waals surface area contributed by atoms with Gasteiger partial charge in [0, 0.05) is 20.5 Å². The van der Waals surface area contributed by atoms with E-state index in [9.17, 15) is 30.0 Å². The number of aliphatic hydroxyl groups is 4. The first-order valence-corrected chi connectivity index (χ1v) is 6.57. The zero-order valence-corrected chi connectivity index (χ0v) is 12.2. The second kappa shape index (κ2) is 7.31. The van der Waals surface area contributed by atoms with E-state index in [1.54, 1.807) is 0 Å². The Morgan fingerprint density at radius 3 is 2.45 bits per heavy atom. The standard InChI is InChI=1S/C12H21NO9/c1-5(15)13-8-6(16)3-12(21-2,11(19)20)22-10(8)9(18)7(17)4-14/h6-10,14,16-18H,3-4H2,1-2H3,(H,13,15)(H,19,20)/t6-,7-,8-,9-,10-,12-/m1/s1. The second-order valence-electron chi connectivity index (χ2n) is 5.08. The highest BCUT2D eigenvalue weighted by Gasteiger charge is 2.55. The molecule has 1 heterocycles. The molecule has 6 N–H and O–H groups in total. The number of carbonyl (C=O) groups is 2. The van der Waals surface area contributed by atoms with Gasteiger partial charge in [0.15, 0.2) is 0 Å². The van der Waals surface area contributed by atoms with Crippen LogP contribution in [0.2, 0.25) is 0 Å². The molecule has 0 aromatic rings. The van der Waals surface area contributed by atoms with Gasteiger partial charge in [0.1, 0.15) is 18.3 Å². The van der Waals surface area contributed by atoms with E-state index in [4.69, 9.17) is 14.6 Å². The summed E-state index contributed by atoms with van der Waals surface area (Å²) >= 11 is 0. The highest BCUT2D eigenvalue weighted by atomic mass is 16.7. The Hall–Kier alpha value is -1.30. The van der Waals surface area contributed by atoms with Crippen molar-refractivity contribution in [3.05, 3.63) is 0 Å². The highest BCUT2D eigenvalue weighted by Crippen LogP contribution is 2.32. The van der Waals surface area contributed by atoms with E-state index in [0.29, 0.717) is 0 Å². The number of rotatable bonds is 6. The molecule has 0 unspecified atom stereocenters. The number of hydrogen-bond donors (Lipinski definition) is 6. The minimum Gasteiger partial charge on any atom is -0.477 e. The van der Waals surface area contributed by atoms with Crippen molar-refractivity contribution in [3.8, 4) is 0 Å².